The van der Waals surface area contributed by atoms with E-state index in [0.717, 1.165) is 31.2 Å². The Morgan fingerprint density at radius 2 is 1.73 bits per heavy atom. The Labute approximate surface area is 157 Å². The van der Waals surface area contributed by atoms with E-state index in [1.54, 1.807) is 0 Å². The molecule has 1 unspecified atom stereocenters. The van der Waals surface area contributed by atoms with E-state index in [0.29, 0.717) is 18.0 Å². The predicted octanol–water partition coefficient (Wildman–Crippen LogP) is 3.66. The van der Waals surface area contributed by atoms with Crippen molar-refractivity contribution in [2.75, 3.05) is 30.9 Å². The molecule has 26 heavy (non-hydrogen) atoms. The lowest BCUT2D eigenvalue weighted by molar-refractivity contribution is 0.348. The van der Waals surface area contributed by atoms with Crippen LogP contribution in [0.25, 0.3) is 0 Å². The fourth-order valence-corrected chi connectivity index (χ4v) is 3.54. The van der Waals surface area contributed by atoms with Gasteiger partial charge in [-0.15, -0.1) is 0 Å². The first-order valence-corrected chi connectivity index (χ1v) is 9.67. The van der Waals surface area contributed by atoms with Crippen LogP contribution >= 0.6 is 0 Å². The maximum atomic E-state index is 4.57. The lowest BCUT2D eigenvalue weighted by Gasteiger charge is -2.30. The summed E-state index contributed by atoms with van der Waals surface area (Å²) >= 11 is 0. The van der Waals surface area contributed by atoms with Gasteiger partial charge in [-0.05, 0) is 43.2 Å². The molecule has 0 amide bonds. The fourth-order valence-electron chi connectivity index (χ4n) is 3.54. The molecule has 5 nitrogen and oxygen atoms in total. The molecule has 1 heterocycles. The molecule has 2 N–H and O–H groups in total. The van der Waals surface area contributed by atoms with Crippen LogP contribution < -0.4 is 15.5 Å². The third-order valence-electron chi connectivity index (χ3n) is 5.24. The molecule has 0 aliphatic heterocycles. The summed E-state index contributed by atoms with van der Waals surface area (Å²) in [6.07, 6.45) is 6.54. The van der Waals surface area contributed by atoms with E-state index >= 15 is 0 Å². The van der Waals surface area contributed by atoms with Crippen molar-refractivity contribution in [3.05, 3.63) is 48.2 Å². The van der Waals surface area contributed by atoms with Crippen LogP contribution in [0, 0.1) is 0 Å². The average molecular weight is 354 g/mol. The molecule has 1 aromatic carbocycles. The van der Waals surface area contributed by atoms with E-state index in [-0.39, 0.29) is 0 Å². The molecule has 1 saturated carbocycles. The van der Waals surface area contributed by atoms with Crippen LogP contribution in [0.5, 0.6) is 0 Å². The Kier molecular flexibility index (Phi) is 6.45. The Bertz CT molecular complexity index is 665. The van der Waals surface area contributed by atoms with Gasteiger partial charge < -0.3 is 15.5 Å². The highest BCUT2D eigenvalue weighted by molar-refractivity contribution is 5.41. The largest absolute Gasteiger partial charge is 0.363 e. The lowest BCUT2D eigenvalue weighted by Crippen LogP contribution is -2.38. The number of nitrogens with one attached hydrogen (secondary N) is 2. The van der Waals surface area contributed by atoms with Crippen LogP contribution in [0.15, 0.2) is 42.6 Å². The molecule has 5 heteroatoms. The molecule has 1 aliphatic carbocycles. The molecule has 1 atom stereocenters. The summed E-state index contributed by atoms with van der Waals surface area (Å²) in [6, 6.07) is 13.8. The van der Waals surface area contributed by atoms with Crippen LogP contribution in [0.2, 0.25) is 0 Å². The van der Waals surface area contributed by atoms with E-state index in [1.807, 2.05) is 31.3 Å². The van der Waals surface area contributed by atoms with E-state index < -0.39 is 0 Å². The molecule has 1 aromatic heterocycles. The van der Waals surface area contributed by atoms with Gasteiger partial charge in [0.15, 0.2) is 0 Å². The number of hydrogen-bond acceptors (Lipinski definition) is 5. The van der Waals surface area contributed by atoms with Crippen molar-refractivity contribution in [3.63, 3.8) is 0 Å². The highest BCUT2D eigenvalue weighted by atomic mass is 15.2. The molecule has 2 aromatic rings. The van der Waals surface area contributed by atoms with Crippen molar-refractivity contribution in [2.24, 2.45) is 0 Å². The predicted molar refractivity (Wildman–Crippen MR) is 109 cm³/mol. The maximum absolute atomic E-state index is 4.57. The zero-order valence-electron chi connectivity index (χ0n) is 16.2. The van der Waals surface area contributed by atoms with Crippen molar-refractivity contribution in [2.45, 2.75) is 50.6 Å². The summed E-state index contributed by atoms with van der Waals surface area (Å²) in [7, 11) is 4.00. The maximum Gasteiger partial charge on any atom is 0.224 e. The van der Waals surface area contributed by atoms with Crippen molar-refractivity contribution < 1.29 is 0 Å². The minimum absolute atomic E-state index is 0.469. The van der Waals surface area contributed by atoms with E-state index in [1.165, 1.54) is 18.4 Å². The van der Waals surface area contributed by atoms with Crippen LogP contribution in [0.4, 0.5) is 11.8 Å². The molecule has 0 bridgehead atoms. The second kappa shape index (κ2) is 8.99. The van der Waals surface area contributed by atoms with Gasteiger partial charge in [-0.3, -0.25) is 0 Å². The second-order valence-corrected chi connectivity index (χ2v) is 7.55. The molecule has 1 fully saturated rings. The quantitative estimate of drug-likeness (QED) is 0.796. The molecular weight excluding hydrogens is 322 g/mol. The number of hydrogen-bond donors (Lipinski definition) is 2. The zero-order chi connectivity index (χ0) is 18.4. The molecule has 0 radical (unpaired) electrons. The van der Waals surface area contributed by atoms with Crippen molar-refractivity contribution >= 4 is 11.8 Å². The summed E-state index contributed by atoms with van der Waals surface area (Å²) in [5.41, 5.74) is 1.41. The fraction of sp³-hybridized carbons (Fsp3) is 0.524. The number of anilines is 2. The molecule has 0 spiro atoms. The third kappa shape index (κ3) is 5.18. The van der Waals surface area contributed by atoms with Crippen molar-refractivity contribution in [1.29, 1.82) is 0 Å². The Hall–Kier alpha value is -2.14. The van der Waals surface area contributed by atoms with Gasteiger partial charge in [0, 0.05) is 38.9 Å². The van der Waals surface area contributed by atoms with Gasteiger partial charge in [0.25, 0.3) is 0 Å². The minimum atomic E-state index is 0.469. The van der Waals surface area contributed by atoms with Crippen LogP contribution in [-0.4, -0.2) is 42.7 Å². The van der Waals surface area contributed by atoms with Gasteiger partial charge in [0.1, 0.15) is 5.82 Å². The summed E-state index contributed by atoms with van der Waals surface area (Å²) in [5, 5.41) is 7.27. The van der Waals surface area contributed by atoms with E-state index in [4.69, 9.17) is 0 Å². The van der Waals surface area contributed by atoms with Crippen LogP contribution in [0.1, 0.15) is 44.1 Å². The summed E-state index contributed by atoms with van der Waals surface area (Å²) in [5.74, 6) is 2.23. The number of aromatic nitrogens is 2. The monoisotopic (exact) mass is 353 g/mol. The van der Waals surface area contributed by atoms with Crippen molar-refractivity contribution in [1.82, 2.24) is 15.3 Å². The minimum Gasteiger partial charge on any atom is -0.363 e. The summed E-state index contributed by atoms with van der Waals surface area (Å²) in [6.45, 7) is 3.34. The van der Waals surface area contributed by atoms with Gasteiger partial charge in [-0.1, -0.05) is 37.3 Å². The first kappa shape index (κ1) is 18.6. The average Bonchev–Trinajstić information content (AvgIpc) is 2.68. The zero-order valence-corrected chi connectivity index (χ0v) is 16.2. The first-order chi connectivity index (χ1) is 12.6. The molecule has 1 aliphatic rings. The van der Waals surface area contributed by atoms with E-state index in [2.05, 4.69) is 57.9 Å². The van der Waals surface area contributed by atoms with Crippen LogP contribution in [-0.2, 0) is 0 Å². The Balaban J connectivity index is 1.42. The van der Waals surface area contributed by atoms with Crippen LogP contribution in [0.3, 0.4) is 0 Å². The molecule has 140 valence electrons. The number of benzene rings is 1. The summed E-state index contributed by atoms with van der Waals surface area (Å²) < 4.78 is 0. The van der Waals surface area contributed by atoms with E-state index in [9.17, 15) is 0 Å². The lowest BCUT2D eigenvalue weighted by atomic mass is 9.90. The van der Waals surface area contributed by atoms with Gasteiger partial charge in [0.05, 0.1) is 0 Å². The highest BCUT2D eigenvalue weighted by Gasteiger charge is 2.22. The number of rotatable bonds is 7. The topological polar surface area (TPSA) is 53.1 Å². The van der Waals surface area contributed by atoms with Gasteiger partial charge in [-0.2, -0.15) is 4.98 Å². The first-order valence-electron chi connectivity index (χ1n) is 9.67. The second-order valence-electron chi connectivity index (χ2n) is 7.55. The Morgan fingerprint density at radius 3 is 2.42 bits per heavy atom. The molecule has 0 saturated heterocycles. The van der Waals surface area contributed by atoms with Gasteiger partial charge in [0.2, 0.25) is 5.95 Å². The normalized spacial score (nSPS) is 21.2. The summed E-state index contributed by atoms with van der Waals surface area (Å²) in [4.78, 5) is 10.9. The molecular formula is C21H31N5. The number of nitrogens with zero attached hydrogens (tertiary/aromatic N) is 3. The van der Waals surface area contributed by atoms with Gasteiger partial charge in [-0.25, -0.2) is 4.98 Å². The Morgan fingerprint density at radius 1 is 1.04 bits per heavy atom. The highest BCUT2D eigenvalue weighted by Crippen LogP contribution is 2.22. The SMILES string of the molecule is CC(CN[C@H]1CC[C@@H](Nc2nccc(N(C)C)n2)CC1)c1ccccc1. The smallest absolute Gasteiger partial charge is 0.224 e. The van der Waals surface area contributed by atoms with Crippen molar-refractivity contribution in [3.8, 4) is 0 Å². The molecule has 3 rings (SSSR count). The third-order valence-corrected chi connectivity index (χ3v) is 5.24. The van der Waals surface area contributed by atoms with Gasteiger partial charge >= 0.3 is 0 Å². The standard InChI is InChI=1S/C21H31N5/c1-16(17-7-5-4-6-8-17)15-23-18-9-11-19(12-10-18)24-21-22-14-13-20(25-21)26(2)3/h4-8,13-14,16,18-19,23H,9-12,15H2,1-3H3,(H,22,24,25)/t16?,18-,19+.